The zero-order valence-corrected chi connectivity index (χ0v) is 38.0. The molecular weight excluding hydrogens is 747 g/mol. The van der Waals surface area contributed by atoms with Crippen molar-refractivity contribution in [3.05, 3.63) is 71.8 Å². The Labute approximate surface area is 363 Å². The summed E-state index contributed by atoms with van der Waals surface area (Å²) in [5.74, 6) is -1.56. The van der Waals surface area contributed by atoms with E-state index in [9.17, 15) is 24.0 Å². The highest BCUT2D eigenvalue weighted by Crippen LogP contribution is 2.47. The Kier molecular flexibility index (Phi) is 21.2. The molecule has 2 amide bonds. The lowest BCUT2D eigenvalue weighted by Crippen LogP contribution is -2.49. The molecule has 1 saturated carbocycles. The van der Waals surface area contributed by atoms with Crippen LogP contribution in [0.25, 0.3) is 0 Å². The molecule has 1 aliphatic heterocycles. The van der Waals surface area contributed by atoms with E-state index in [0.717, 1.165) is 43.2 Å². The van der Waals surface area contributed by atoms with E-state index in [4.69, 9.17) is 0 Å². The van der Waals surface area contributed by atoms with Gasteiger partial charge >= 0.3 is 0 Å². The maximum Gasteiger partial charge on any atom is 0.224 e. The number of carbonyl (C=O) groups is 5. The summed E-state index contributed by atoms with van der Waals surface area (Å²) in [7, 11) is 0. The number of hydrogen-bond donors (Lipinski definition) is 2. The van der Waals surface area contributed by atoms with Gasteiger partial charge in [0.1, 0.15) is 5.78 Å². The molecule has 0 bridgehead atoms. The molecule has 2 aromatic carbocycles. The fourth-order valence-corrected chi connectivity index (χ4v) is 8.83. The molecule has 1 aliphatic carbocycles. The van der Waals surface area contributed by atoms with E-state index in [-0.39, 0.29) is 53.8 Å². The number of amides is 2. The third-order valence-corrected chi connectivity index (χ3v) is 12.8. The van der Waals surface area contributed by atoms with Crippen LogP contribution in [0.4, 0.5) is 0 Å². The summed E-state index contributed by atoms with van der Waals surface area (Å²) >= 11 is 0. The molecule has 0 aromatic heterocycles. The average molecular weight is 826 g/mol. The number of Topliss-reactive ketones (excluding diaryl/α,β-unsaturated/α-hetero) is 3. The van der Waals surface area contributed by atoms with E-state index in [0.29, 0.717) is 38.5 Å². The molecule has 2 unspecified atom stereocenters. The van der Waals surface area contributed by atoms with Gasteiger partial charge in [0.2, 0.25) is 11.8 Å². The third-order valence-electron chi connectivity index (χ3n) is 12.8. The molecule has 2 aromatic rings. The van der Waals surface area contributed by atoms with Crippen LogP contribution in [0, 0.1) is 29.1 Å². The molecule has 8 nitrogen and oxygen atoms in total. The van der Waals surface area contributed by atoms with E-state index in [1.54, 1.807) is 0 Å². The number of nitrogens with one attached hydrogen (secondary N) is 2. The van der Waals surface area contributed by atoms with Crippen LogP contribution in [0.5, 0.6) is 0 Å². The van der Waals surface area contributed by atoms with Crippen LogP contribution in [-0.2, 0) is 36.8 Å². The van der Waals surface area contributed by atoms with Crippen molar-refractivity contribution in [1.29, 1.82) is 0 Å². The number of hydrogen-bond acceptors (Lipinski definition) is 6. The van der Waals surface area contributed by atoms with Crippen molar-refractivity contribution >= 4 is 29.2 Å². The fourth-order valence-electron chi connectivity index (χ4n) is 8.83. The van der Waals surface area contributed by atoms with Crippen molar-refractivity contribution in [2.45, 2.75) is 175 Å². The maximum absolute atomic E-state index is 14.3. The van der Waals surface area contributed by atoms with Gasteiger partial charge in [-0.15, -0.1) is 0 Å². The molecule has 60 heavy (non-hydrogen) atoms. The predicted molar refractivity (Wildman–Crippen MR) is 243 cm³/mol. The van der Waals surface area contributed by atoms with E-state index in [1.807, 2.05) is 95.3 Å². The second kappa shape index (κ2) is 26.0. The first kappa shape index (κ1) is 49.0. The smallest absolute Gasteiger partial charge is 0.224 e. The van der Waals surface area contributed by atoms with Crippen molar-refractivity contribution < 1.29 is 24.0 Å². The zero-order chi connectivity index (χ0) is 43.3. The summed E-state index contributed by atoms with van der Waals surface area (Å²) in [6.07, 6.45) is 16.7. The van der Waals surface area contributed by atoms with Gasteiger partial charge in [-0.05, 0) is 113 Å². The number of ketones is 3. The van der Waals surface area contributed by atoms with Gasteiger partial charge in [-0.25, -0.2) is 0 Å². The number of nitrogens with zero attached hydrogens (tertiary/aromatic N) is 1. The van der Waals surface area contributed by atoms with Gasteiger partial charge < -0.3 is 15.5 Å². The second-order valence-electron chi connectivity index (χ2n) is 19.5. The molecule has 0 radical (unpaired) electrons. The summed E-state index contributed by atoms with van der Waals surface area (Å²) in [5.41, 5.74) is 1.64. The predicted octanol–water partition coefficient (Wildman–Crippen LogP) is 10.1. The molecule has 4 rings (SSSR count). The van der Waals surface area contributed by atoms with Gasteiger partial charge in [-0.3, -0.25) is 24.0 Å². The SMILES string of the molecule is CC(C)CC(NC(=O)C(CC(=O)[C@H](CC(C)C)NC(=O)[C@H](CCc1ccccc1)CC(=O)CCCCCCCCCN1CCCCC1)Cc1ccccc1)C(=O)C1(C)CC1. The van der Waals surface area contributed by atoms with E-state index >= 15 is 0 Å². The number of piperidine rings is 1. The minimum atomic E-state index is -0.795. The van der Waals surface area contributed by atoms with Gasteiger partial charge in [0.25, 0.3) is 0 Å². The molecule has 4 atom stereocenters. The first-order chi connectivity index (χ1) is 28.8. The summed E-state index contributed by atoms with van der Waals surface area (Å²) in [6, 6.07) is 18.3. The first-order valence-corrected chi connectivity index (χ1v) is 23.8. The molecule has 2 fully saturated rings. The van der Waals surface area contributed by atoms with Crippen molar-refractivity contribution in [2.75, 3.05) is 19.6 Å². The maximum atomic E-state index is 14.3. The van der Waals surface area contributed by atoms with Gasteiger partial charge in [0.05, 0.1) is 12.1 Å². The number of likely N-dealkylation sites (tertiary alicyclic amines) is 1. The number of benzene rings is 2. The summed E-state index contributed by atoms with van der Waals surface area (Å²) < 4.78 is 0. The molecule has 8 heteroatoms. The highest BCUT2D eigenvalue weighted by molar-refractivity contribution is 5.97. The standard InChI is InChI=1S/C52H79N3O5/c1-39(2)34-46(48(57)38-44(36-42-24-16-12-17-25-42)51(60)54-47(35-40(3)4)49(58)52(5)29-30-52)53-50(59)43(28-27-41-22-14-11-15-23-41)37-45(56)26-18-9-7-6-8-10-19-31-55-32-20-13-21-33-55/h11-12,14-17,22-25,39-40,43-44,46-47H,6-10,13,18-21,26-38H2,1-5H3,(H,53,59)(H,54,60)/t43-,44?,46+,47?/m1/s1. The molecule has 1 saturated heterocycles. The van der Waals surface area contributed by atoms with Crippen LogP contribution in [0.2, 0.25) is 0 Å². The van der Waals surface area contributed by atoms with E-state index in [1.165, 1.54) is 64.6 Å². The Bertz CT molecular complexity index is 1600. The highest BCUT2D eigenvalue weighted by Gasteiger charge is 2.48. The molecule has 332 valence electrons. The summed E-state index contributed by atoms with van der Waals surface area (Å²) in [4.78, 5) is 72.3. The molecular formula is C52H79N3O5. The molecule has 1 heterocycles. The lowest BCUT2D eigenvalue weighted by molar-refractivity contribution is -0.135. The lowest BCUT2D eigenvalue weighted by atomic mass is 9.87. The minimum absolute atomic E-state index is 0.0652. The monoisotopic (exact) mass is 826 g/mol. The average Bonchev–Trinajstić information content (AvgIpc) is 3.99. The number of unbranched alkanes of at least 4 members (excludes halogenated alkanes) is 6. The van der Waals surface area contributed by atoms with Gasteiger partial charge in [-0.1, -0.05) is 134 Å². The quantitative estimate of drug-likeness (QED) is 0.0759. The van der Waals surface area contributed by atoms with Crippen LogP contribution in [0.1, 0.15) is 161 Å². The van der Waals surface area contributed by atoms with Crippen LogP contribution in [-0.4, -0.2) is 65.8 Å². The van der Waals surface area contributed by atoms with Gasteiger partial charge in [-0.2, -0.15) is 0 Å². The van der Waals surface area contributed by atoms with Crippen molar-refractivity contribution in [1.82, 2.24) is 15.5 Å². The summed E-state index contributed by atoms with van der Waals surface area (Å²) in [5, 5.41) is 6.20. The highest BCUT2D eigenvalue weighted by atomic mass is 16.2. The van der Waals surface area contributed by atoms with E-state index < -0.39 is 29.3 Å². The largest absolute Gasteiger partial charge is 0.346 e. The number of carbonyl (C=O) groups excluding carboxylic acids is 5. The Hall–Kier alpha value is -3.65. The molecule has 2 N–H and O–H groups in total. The Morgan fingerprint density at radius 3 is 1.77 bits per heavy atom. The number of rotatable bonds is 30. The normalized spacial score (nSPS) is 17.1. The van der Waals surface area contributed by atoms with Crippen LogP contribution < -0.4 is 10.6 Å². The van der Waals surface area contributed by atoms with Crippen LogP contribution >= 0.6 is 0 Å². The van der Waals surface area contributed by atoms with Crippen LogP contribution in [0.15, 0.2) is 60.7 Å². The van der Waals surface area contributed by atoms with Crippen molar-refractivity contribution in [3.8, 4) is 0 Å². The lowest BCUT2D eigenvalue weighted by Gasteiger charge is -2.27. The van der Waals surface area contributed by atoms with Crippen molar-refractivity contribution in [2.24, 2.45) is 29.1 Å². The topological polar surface area (TPSA) is 113 Å². The summed E-state index contributed by atoms with van der Waals surface area (Å²) in [6.45, 7) is 13.9. The second-order valence-corrected chi connectivity index (χ2v) is 19.5. The Morgan fingerprint density at radius 2 is 1.17 bits per heavy atom. The molecule has 2 aliphatic rings. The van der Waals surface area contributed by atoms with Gasteiger partial charge in [0.15, 0.2) is 11.6 Å². The van der Waals surface area contributed by atoms with Gasteiger partial charge in [0, 0.05) is 36.5 Å². The zero-order valence-electron chi connectivity index (χ0n) is 38.0. The Balaban J connectivity index is 1.37. The van der Waals surface area contributed by atoms with Crippen LogP contribution in [0.3, 0.4) is 0 Å². The van der Waals surface area contributed by atoms with E-state index in [2.05, 4.69) is 15.5 Å². The number of aryl methyl sites for hydroxylation is 1. The minimum Gasteiger partial charge on any atom is -0.346 e. The molecule has 0 spiro atoms. The first-order valence-electron chi connectivity index (χ1n) is 23.8. The van der Waals surface area contributed by atoms with Crippen molar-refractivity contribution in [3.63, 3.8) is 0 Å². The Morgan fingerprint density at radius 1 is 0.633 bits per heavy atom. The third kappa shape index (κ3) is 18.1. The fraction of sp³-hybridized carbons (Fsp3) is 0.673.